The Labute approximate surface area is 122 Å². The highest BCUT2D eigenvalue weighted by molar-refractivity contribution is 5.24. The number of nitrogens with one attached hydrogen (secondary N) is 1. The standard InChI is InChI=1S/C14H20F3N3O/c1-9-12(5-6-18-11-3-4-11)10(2)20-13(19-9)7-21-8-14(15,16)17/h11,18H,3-8H2,1-2H3. The fourth-order valence-corrected chi connectivity index (χ4v) is 2.18. The number of aryl methyl sites for hydroxylation is 2. The lowest BCUT2D eigenvalue weighted by atomic mass is 10.1. The first-order valence-electron chi connectivity index (χ1n) is 7.06. The van der Waals surface area contributed by atoms with Crippen molar-refractivity contribution in [2.75, 3.05) is 13.2 Å². The van der Waals surface area contributed by atoms with Crippen LogP contribution in [0.4, 0.5) is 13.2 Å². The van der Waals surface area contributed by atoms with Crippen LogP contribution in [0.25, 0.3) is 0 Å². The largest absolute Gasteiger partial charge is 0.411 e. The molecular weight excluding hydrogens is 283 g/mol. The minimum atomic E-state index is -4.32. The van der Waals surface area contributed by atoms with Gasteiger partial charge in [-0.2, -0.15) is 13.2 Å². The Morgan fingerprint density at radius 1 is 1.19 bits per heavy atom. The lowest BCUT2D eigenvalue weighted by molar-refractivity contribution is -0.177. The van der Waals surface area contributed by atoms with Gasteiger partial charge in [0.2, 0.25) is 0 Å². The van der Waals surface area contributed by atoms with Crippen LogP contribution >= 0.6 is 0 Å². The molecule has 4 nitrogen and oxygen atoms in total. The molecule has 7 heteroatoms. The molecule has 1 saturated carbocycles. The summed E-state index contributed by atoms with van der Waals surface area (Å²) in [5, 5.41) is 3.42. The third kappa shape index (κ3) is 5.59. The topological polar surface area (TPSA) is 47.0 Å². The molecule has 21 heavy (non-hydrogen) atoms. The van der Waals surface area contributed by atoms with Crippen LogP contribution in [-0.2, 0) is 17.8 Å². The van der Waals surface area contributed by atoms with Crippen molar-refractivity contribution < 1.29 is 17.9 Å². The van der Waals surface area contributed by atoms with Gasteiger partial charge in [-0.1, -0.05) is 0 Å². The Hall–Kier alpha value is -1.21. The predicted octanol–water partition coefficient (Wildman–Crippen LogP) is 2.47. The summed E-state index contributed by atoms with van der Waals surface area (Å²) in [4.78, 5) is 8.47. The second kappa shape index (κ2) is 6.70. The smallest absolute Gasteiger partial charge is 0.364 e. The van der Waals surface area contributed by atoms with E-state index in [9.17, 15) is 13.2 Å². The molecule has 1 aliphatic rings. The zero-order valence-electron chi connectivity index (χ0n) is 12.3. The van der Waals surface area contributed by atoms with E-state index >= 15 is 0 Å². The van der Waals surface area contributed by atoms with E-state index in [-0.39, 0.29) is 6.61 Å². The molecule has 1 heterocycles. The molecule has 1 aliphatic carbocycles. The van der Waals surface area contributed by atoms with Gasteiger partial charge in [-0.25, -0.2) is 9.97 Å². The molecule has 0 spiro atoms. The second-order valence-corrected chi connectivity index (χ2v) is 5.38. The van der Waals surface area contributed by atoms with Crippen LogP contribution in [0.2, 0.25) is 0 Å². The summed E-state index contributed by atoms with van der Waals surface area (Å²) < 4.78 is 40.6. The van der Waals surface area contributed by atoms with Gasteiger partial charge in [0.05, 0.1) is 0 Å². The van der Waals surface area contributed by atoms with E-state index in [2.05, 4.69) is 20.0 Å². The van der Waals surface area contributed by atoms with Gasteiger partial charge in [0.1, 0.15) is 13.2 Å². The van der Waals surface area contributed by atoms with Crippen molar-refractivity contribution in [1.29, 1.82) is 0 Å². The lowest BCUT2D eigenvalue weighted by Crippen LogP contribution is -2.21. The van der Waals surface area contributed by atoms with Crippen LogP contribution in [0.3, 0.4) is 0 Å². The zero-order valence-corrected chi connectivity index (χ0v) is 12.3. The fourth-order valence-electron chi connectivity index (χ4n) is 2.18. The highest BCUT2D eigenvalue weighted by Crippen LogP contribution is 2.19. The lowest BCUT2D eigenvalue weighted by Gasteiger charge is -2.12. The summed E-state index contributed by atoms with van der Waals surface area (Å²) in [6, 6.07) is 0.654. The SMILES string of the molecule is Cc1nc(COCC(F)(F)F)nc(C)c1CCNC1CC1. The predicted molar refractivity (Wildman–Crippen MR) is 71.9 cm³/mol. The molecule has 0 bridgehead atoms. The molecule has 1 aromatic heterocycles. The summed E-state index contributed by atoms with van der Waals surface area (Å²) in [7, 11) is 0. The summed E-state index contributed by atoms with van der Waals surface area (Å²) in [5.74, 6) is 0.299. The van der Waals surface area contributed by atoms with E-state index in [1.165, 1.54) is 12.8 Å². The monoisotopic (exact) mass is 303 g/mol. The molecule has 0 aromatic carbocycles. The number of hydrogen-bond donors (Lipinski definition) is 1. The van der Waals surface area contributed by atoms with Gasteiger partial charge in [-0.05, 0) is 45.2 Å². The van der Waals surface area contributed by atoms with Gasteiger partial charge in [0.25, 0.3) is 0 Å². The number of halogens is 3. The number of rotatable bonds is 7. The first-order chi connectivity index (χ1) is 9.85. The molecule has 118 valence electrons. The quantitative estimate of drug-likeness (QED) is 0.840. The van der Waals surface area contributed by atoms with Gasteiger partial charge in [0.15, 0.2) is 5.82 Å². The molecular formula is C14H20F3N3O. The van der Waals surface area contributed by atoms with Crippen molar-refractivity contribution in [2.45, 2.75) is 51.9 Å². The number of alkyl halides is 3. The van der Waals surface area contributed by atoms with E-state index in [0.717, 1.165) is 29.9 Å². The van der Waals surface area contributed by atoms with Crippen molar-refractivity contribution in [2.24, 2.45) is 0 Å². The number of ether oxygens (including phenoxy) is 1. The van der Waals surface area contributed by atoms with Gasteiger partial charge in [-0.15, -0.1) is 0 Å². The Bertz CT molecular complexity index is 464. The Morgan fingerprint density at radius 2 is 1.81 bits per heavy atom. The minimum Gasteiger partial charge on any atom is -0.364 e. The van der Waals surface area contributed by atoms with Crippen molar-refractivity contribution in [3.8, 4) is 0 Å². The first-order valence-corrected chi connectivity index (χ1v) is 7.06. The molecule has 0 radical (unpaired) electrons. The van der Waals surface area contributed by atoms with Crippen LogP contribution in [0.5, 0.6) is 0 Å². The molecule has 1 N–H and O–H groups in total. The van der Waals surface area contributed by atoms with Crippen LogP contribution in [0.1, 0.15) is 35.6 Å². The van der Waals surface area contributed by atoms with Crippen LogP contribution in [-0.4, -0.2) is 35.3 Å². The highest BCUT2D eigenvalue weighted by Gasteiger charge is 2.27. The Balaban J connectivity index is 1.88. The number of aromatic nitrogens is 2. The molecule has 1 aromatic rings. The Morgan fingerprint density at radius 3 is 2.33 bits per heavy atom. The van der Waals surface area contributed by atoms with Crippen molar-refractivity contribution in [3.63, 3.8) is 0 Å². The van der Waals surface area contributed by atoms with Gasteiger partial charge < -0.3 is 10.1 Å². The maximum Gasteiger partial charge on any atom is 0.411 e. The van der Waals surface area contributed by atoms with E-state index in [4.69, 9.17) is 0 Å². The second-order valence-electron chi connectivity index (χ2n) is 5.38. The molecule has 0 atom stereocenters. The summed E-state index contributed by atoms with van der Waals surface area (Å²) >= 11 is 0. The summed E-state index contributed by atoms with van der Waals surface area (Å²) in [6.45, 7) is 3.09. The fraction of sp³-hybridized carbons (Fsp3) is 0.714. The van der Waals surface area contributed by atoms with Crippen molar-refractivity contribution >= 4 is 0 Å². The molecule has 0 saturated heterocycles. The van der Waals surface area contributed by atoms with Gasteiger partial charge in [-0.3, -0.25) is 0 Å². The zero-order chi connectivity index (χ0) is 15.5. The van der Waals surface area contributed by atoms with Crippen LogP contribution < -0.4 is 5.32 Å². The molecule has 1 fully saturated rings. The molecule has 0 aliphatic heterocycles. The van der Waals surface area contributed by atoms with E-state index in [1.54, 1.807) is 0 Å². The van der Waals surface area contributed by atoms with E-state index in [0.29, 0.717) is 11.9 Å². The maximum absolute atomic E-state index is 12.0. The third-order valence-electron chi connectivity index (χ3n) is 3.35. The minimum absolute atomic E-state index is 0.220. The van der Waals surface area contributed by atoms with Crippen LogP contribution in [0, 0.1) is 13.8 Å². The highest BCUT2D eigenvalue weighted by atomic mass is 19.4. The number of nitrogens with zero attached hydrogens (tertiary/aromatic N) is 2. The molecule has 2 rings (SSSR count). The Kier molecular flexibility index (Phi) is 5.16. The average Bonchev–Trinajstić information content (AvgIpc) is 3.15. The van der Waals surface area contributed by atoms with Crippen molar-refractivity contribution in [1.82, 2.24) is 15.3 Å². The molecule has 0 amide bonds. The van der Waals surface area contributed by atoms with E-state index < -0.39 is 12.8 Å². The van der Waals surface area contributed by atoms with Crippen molar-refractivity contribution in [3.05, 3.63) is 22.8 Å². The number of hydrogen-bond acceptors (Lipinski definition) is 4. The summed E-state index contributed by atoms with van der Waals surface area (Å²) in [6.07, 6.45) is -1.01. The molecule has 0 unspecified atom stereocenters. The first kappa shape index (κ1) is 16.2. The van der Waals surface area contributed by atoms with Gasteiger partial charge in [0, 0.05) is 17.4 Å². The van der Waals surface area contributed by atoms with Gasteiger partial charge >= 0.3 is 6.18 Å². The normalized spacial score (nSPS) is 15.5. The maximum atomic E-state index is 12.0. The van der Waals surface area contributed by atoms with Crippen LogP contribution in [0.15, 0.2) is 0 Å². The summed E-state index contributed by atoms with van der Waals surface area (Å²) in [5.41, 5.74) is 2.68. The third-order valence-corrected chi connectivity index (χ3v) is 3.35. The average molecular weight is 303 g/mol. The van der Waals surface area contributed by atoms with E-state index in [1.807, 2.05) is 13.8 Å².